The van der Waals surface area contributed by atoms with Crippen molar-refractivity contribution in [1.29, 1.82) is 0 Å². The molecule has 0 saturated heterocycles. The molecule has 0 N–H and O–H groups in total. The number of esters is 2. The van der Waals surface area contributed by atoms with Gasteiger partial charge in [-0.2, -0.15) is 0 Å². The summed E-state index contributed by atoms with van der Waals surface area (Å²) in [4.78, 5) is 37.1. The number of carbonyl (C=O) groups excluding carboxylic acids is 3. The van der Waals surface area contributed by atoms with Crippen molar-refractivity contribution >= 4 is 17.9 Å². The van der Waals surface area contributed by atoms with E-state index >= 15 is 0 Å². The van der Waals surface area contributed by atoms with Crippen LogP contribution in [0, 0.1) is 0 Å². The maximum absolute atomic E-state index is 12.8. The van der Waals surface area contributed by atoms with Gasteiger partial charge in [0.1, 0.15) is 12.6 Å². The summed E-state index contributed by atoms with van der Waals surface area (Å²) in [6.45, 7) is 4.72. The first-order valence-corrected chi connectivity index (χ1v) is 27.7. The van der Waals surface area contributed by atoms with Crippen molar-refractivity contribution in [1.82, 2.24) is 0 Å². The second-order valence-electron chi connectivity index (χ2n) is 20.2. The highest BCUT2D eigenvalue weighted by molar-refractivity contribution is 5.70. The molecule has 0 aliphatic rings. The maximum Gasteiger partial charge on any atom is 0.306 e. The lowest BCUT2D eigenvalue weighted by Gasteiger charge is -2.34. The summed E-state index contributed by atoms with van der Waals surface area (Å²) in [6.07, 6.45) is 53.9. The van der Waals surface area contributed by atoms with Crippen LogP contribution in [0.5, 0.6) is 0 Å². The van der Waals surface area contributed by atoms with Crippen LogP contribution in [0.4, 0.5) is 0 Å². The van der Waals surface area contributed by atoms with Gasteiger partial charge in [-0.05, 0) is 38.5 Å². The van der Waals surface area contributed by atoms with Crippen molar-refractivity contribution in [2.75, 3.05) is 41.0 Å². The zero-order valence-electron chi connectivity index (χ0n) is 43.2. The first-order chi connectivity index (χ1) is 31.1. The Bertz CT molecular complexity index is 1060. The lowest BCUT2D eigenvalue weighted by Crippen LogP contribution is -2.55. The number of unbranched alkanes of at least 4 members (excludes halogenated alkanes) is 35. The third-order valence-corrected chi connectivity index (χ3v) is 12.9. The average molecular weight is 906 g/mol. The highest BCUT2D eigenvalue weighted by atomic mass is 16.6. The SMILES string of the molecule is CCCCCCCCCCCCCC/C=C/CCCCCCCCCC(=O)OCC(COCCC(C(=O)[O-])[N+](C)(C)C)OC(=O)CCCCCCCCCCCCCCCCCCC. The summed E-state index contributed by atoms with van der Waals surface area (Å²) in [7, 11) is 5.43. The predicted molar refractivity (Wildman–Crippen MR) is 268 cm³/mol. The monoisotopic (exact) mass is 906 g/mol. The van der Waals surface area contributed by atoms with Gasteiger partial charge >= 0.3 is 11.9 Å². The molecule has 0 radical (unpaired) electrons. The van der Waals surface area contributed by atoms with Gasteiger partial charge in [0.15, 0.2) is 6.10 Å². The number of quaternary nitrogens is 1. The lowest BCUT2D eigenvalue weighted by atomic mass is 10.0. The fourth-order valence-corrected chi connectivity index (χ4v) is 8.60. The van der Waals surface area contributed by atoms with Crippen LogP contribution in [0.1, 0.15) is 277 Å². The van der Waals surface area contributed by atoms with E-state index in [-0.39, 0.29) is 42.7 Å². The third kappa shape index (κ3) is 45.2. The number of hydrogen-bond acceptors (Lipinski definition) is 7. The maximum atomic E-state index is 12.8. The summed E-state index contributed by atoms with van der Waals surface area (Å²) in [5.74, 6) is -1.72. The molecule has 0 aliphatic carbocycles. The minimum atomic E-state index is -1.12. The Hall–Kier alpha value is -1.93. The molecule has 0 aromatic carbocycles. The van der Waals surface area contributed by atoms with Gasteiger partial charge in [-0.3, -0.25) is 9.59 Å². The van der Waals surface area contributed by atoms with E-state index in [4.69, 9.17) is 14.2 Å². The molecule has 0 aromatic heterocycles. The molecule has 0 amide bonds. The van der Waals surface area contributed by atoms with E-state index in [2.05, 4.69) is 26.0 Å². The van der Waals surface area contributed by atoms with Crippen LogP contribution >= 0.6 is 0 Å². The third-order valence-electron chi connectivity index (χ3n) is 12.9. The molecule has 8 heteroatoms. The van der Waals surface area contributed by atoms with Crippen LogP contribution in [-0.4, -0.2) is 75.5 Å². The summed E-state index contributed by atoms with van der Waals surface area (Å²) in [5.41, 5.74) is 0. The van der Waals surface area contributed by atoms with E-state index < -0.39 is 18.1 Å². The van der Waals surface area contributed by atoms with Gasteiger partial charge in [0.05, 0.1) is 40.3 Å². The summed E-state index contributed by atoms with van der Waals surface area (Å²) in [5, 5.41) is 11.7. The number of carbonyl (C=O) groups is 3. The van der Waals surface area contributed by atoms with Crippen LogP contribution in [-0.2, 0) is 28.6 Å². The van der Waals surface area contributed by atoms with Gasteiger partial charge in [0.25, 0.3) is 0 Å². The number of hydrogen-bond donors (Lipinski definition) is 0. The Morgan fingerprint density at radius 1 is 0.453 bits per heavy atom. The molecule has 378 valence electrons. The van der Waals surface area contributed by atoms with Crippen molar-refractivity contribution in [3.8, 4) is 0 Å². The topological polar surface area (TPSA) is 102 Å². The van der Waals surface area contributed by atoms with E-state index in [0.717, 1.165) is 38.5 Å². The number of ether oxygens (including phenoxy) is 3. The molecular formula is C56H107NO7. The first kappa shape index (κ1) is 62.1. The molecule has 0 aromatic rings. The van der Waals surface area contributed by atoms with Crippen molar-refractivity contribution < 1.29 is 38.2 Å². The minimum absolute atomic E-state index is 0.0458. The number of allylic oxidation sites excluding steroid dienone is 2. The smallest absolute Gasteiger partial charge is 0.306 e. The Balaban J connectivity index is 4.15. The Morgan fingerprint density at radius 3 is 1.12 bits per heavy atom. The van der Waals surface area contributed by atoms with E-state index in [1.807, 2.05) is 21.1 Å². The van der Waals surface area contributed by atoms with E-state index in [1.165, 1.54) is 205 Å². The second-order valence-corrected chi connectivity index (χ2v) is 20.2. The fraction of sp³-hybridized carbons (Fsp3) is 0.911. The van der Waals surface area contributed by atoms with Gasteiger partial charge in [0.2, 0.25) is 0 Å². The fourth-order valence-electron chi connectivity index (χ4n) is 8.60. The van der Waals surface area contributed by atoms with Crippen molar-refractivity contribution in [3.63, 3.8) is 0 Å². The normalized spacial score (nSPS) is 12.8. The van der Waals surface area contributed by atoms with Gasteiger partial charge in [0, 0.05) is 19.3 Å². The van der Waals surface area contributed by atoms with Crippen LogP contribution < -0.4 is 5.11 Å². The molecule has 0 heterocycles. The summed E-state index contributed by atoms with van der Waals surface area (Å²) >= 11 is 0. The van der Waals surface area contributed by atoms with Crippen LogP contribution in [0.25, 0.3) is 0 Å². The highest BCUT2D eigenvalue weighted by Gasteiger charge is 2.25. The van der Waals surface area contributed by atoms with E-state index in [0.29, 0.717) is 12.8 Å². The van der Waals surface area contributed by atoms with E-state index in [9.17, 15) is 19.5 Å². The average Bonchev–Trinajstić information content (AvgIpc) is 3.26. The number of likely N-dealkylation sites (N-methyl/N-ethyl adjacent to an activating group) is 1. The van der Waals surface area contributed by atoms with Gasteiger partial charge in [-0.15, -0.1) is 0 Å². The number of aliphatic carboxylic acids is 1. The molecule has 0 bridgehead atoms. The molecule has 64 heavy (non-hydrogen) atoms. The van der Waals surface area contributed by atoms with Crippen molar-refractivity contribution in [2.24, 2.45) is 0 Å². The van der Waals surface area contributed by atoms with Crippen molar-refractivity contribution in [3.05, 3.63) is 12.2 Å². The molecule has 2 atom stereocenters. The predicted octanol–water partition coefficient (Wildman–Crippen LogP) is 14.9. The second kappa shape index (κ2) is 47.6. The largest absolute Gasteiger partial charge is 0.544 e. The first-order valence-electron chi connectivity index (χ1n) is 27.7. The summed E-state index contributed by atoms with van der Waals surface area (Å²) in [6, 6.07) is -0.723. The van der Waals surface area contributed by atoms with E-state index in [1.54, 1.807) is 0 Å². The molecular weight excluding hydrogens is 799 g/mol. The quantitative estimate of drug-likeness (QED) is 0.0259. The van der Waals surface area contributed by atoms with Crippen LogP contribution in [0.15, 0.2) is 12.2 Å². The molecule has 0 saturated carbocycles. The Morgan fingerprint density at radius 2 is 0.781 bits per heavy atom. The molecule has 0 fully saturated rings. The minimum Gasteiger partial charge on any atom is -0.544 e. The van der Waals surface area contributed by atoms with Crippen LogP contribution in [0.2, 0.25) is 0 Å². The zero-order chi connectivity index (χ0) is 47.0. The number of carboxylic acid groups (broad SMARTS) is 1. The molecule has 8 nitrogen and oxygen atoms in total. The lowest BCUT2D eigenvalue weighted by molar-refractivity contribution is -0.889. The number of rotatable bonds is 51. The van der Waals surface area contributed by atoms with Crippen molar-refractivity contribution in [2.45, 2.75) is 289 Å². The Labute approximate surface area is 397 Å². The van der Waals surface area contributed by atoms with Gasteiger partial charge in [-0.1, -0.05) is 231 Å². The number of nitrogens with zero attached hydrogens (tertiary/aromatic N) is 1. The highest BCUT2D eigenvalue weighted by Crippen LogP contribution is 2.17. The molecule has 2 unspecified atom stereocenters. The summed E-state index contributed by atoms with van der Waals surface area (Å²) < 4.78 is 17.3. The van der Waals surface area contributed by atoms with Gasteiger partial charge < -0.3 is 28.6 Å². The number of carboxylic acids is 1. The Kier molecular flexibility index (Phi) is 46.1. The van der Waals surface area contributed by atoms with Gasteiger partial charge in [-0.25, -0.2) is 0 Å². The molecule has 0 rings (SSSR count). The standard InChI is InChI=1S/C56H107NO7/c1-6-8-10-12-14-16-18-20-22-24-25-26-27-28-29-31-32-34-36-38-40-42-44-46-54(58)63-51-52(50-62-49-48-53(56(60)61)57(3,4)5)64-55(59)47-45-43-41-39-37-35-33-30-23-21-19-17-15-13-11-9-7-2/h28-29,52-53H,6-27,30-51H2,1-5H3/b29-28+. The zero-order valence-corrected chi connectivity index (χ0v) is 43.2. The van der Waals surface area contributed by atoms with Crippen LogP contribution in [0.3, 0.4) is 0 Å². The molecule has 0 aliphatic heterocycles. The molecule has 0 spiro atoms.